The highest BCUT2D eigenvalue weighted by Crippen LogP contribution is 2.34. The fraction of sp³-hybridized carbons (Fsp3) is 0.217. The Bertz CT molecular complexity index is 1340. The number of carbonyl (C=O) groups is 1. The lowest BCUT2D eigenvalue weighted by Crippen LogP contribution is -2.25. The van der Waals surface area contributed by atoms with Crippen molar-refractivity contribution < 1.29 is 13.6 Å². The first-order valence-electron chi connectivity index (χ1n) is 10.4. The first kappa shape index (κ1) is 22.1. The molecule has 1 unspecified atom stereocenters. The summed E-state index contributed by atoms with van der Waals surface area (Å²) in [5, 5.41) is 8.30. The number of benzene rings is 1. The van der Waals surface area contributed by atoms with Crippen LogP contribution >= 0.6 is 0 Å². The molecule has 3 aromatic rings. The Morgan fingerprint density at radius 2 is 2.00 bits per heavy atom. The van der Waals surface area contributed by atoms with Gasteiger partial charge in [0.25, 0.3) is 11.5 Å². The number of hydrogen-bond acceptors (Lipinski definition) is 6. The van der Waals surface area contributed by atoms with Gasteiger partial charge in [-0.05, 0) is 30.7 Å². The minimum atomic E-state index is -0.815. The van der Waals surface area contributed by atoms with Crippen LogP contribution in [0.15, 0.2) is 47.5 Å². The van der Waals surface area contributed by atoms with Crippen LogP contribution in [0, 0.1) is 11.6 Å². The van der Waals surface area contributed by atoms with Crippen molar-refractivity contribution in [3.8, 4) is 0 Å². The molecule has 2 heterocycles. The van der Waals surface area contributed by atoms with Gasteiger partial charge in [-0.2, -0.15) is 4.98 Å². The van der Waals surface area contributed by atoms with E-state index in [9.17, 15) is 18.4 Å². The minimum Gasteiger partial charge on any atom is -0.355 e. The smallest absolute Gasteiger partial charge is 0.260 e. The van der Waals surface area contributed by atoms with Crippen LogP contribution in [0.25, 0.3) is 5.70 Å². The summed E-state index contributed by atoms with van der Waals surface area (Å²) in [6, 6.07) is 4.96. The molecule has 0 radical (unpaired) electrons. The Balaban J connectivity index is 1.74. The number of aryl methyl sites for hydroxylation is 1. The predicted molar refractivity (Wildman–Crippen MR) is 121 cm³/mol. The van der Waals surface area contributed by atoms with Gasteiger partial charge in [0.2, 0.25) is 5.95 Å². The number of fused-ring (bicyclic) bond motifs is 1. The zero-order valence-corrected chi connectivity index (χ0v) is 18.2. The second-order valence-corrected chi connectivity index (χ2v) is 7.52. The summed E-state index contributed by atoms with van der Waals surface area (Å²) >= 11 is 0. The van der Waals surface area contributed by atoms with Crippen molar-refractivity contribution in [2.24, 2.45) is 0 Å². The van der Waals surface area contributed by atoms with Gasteiger partial charge >= 0.3 is 0 Å². The Labute approximate surface area is 188 Å². The van der Waals surface area contributed by atoms with Gasteiger partial charge in [-0.1, -0.05) is 13.0 Å². The molecule has 170 valence electrons. The number of anilines is 3. The number of aromatic nitrogens is 3. The number of carbonyl (C=O) groups excluding carboxylic acids is 1. The number of amides is 1. The van der Waals surface area contributed by atoms with E-state index in [0.29, 0.717) is 17.8 Å². The van der Waals surface area contributed by atoms with E-state index in [1.54, 1.807) is 10.8 Å². The summed E-state index contributed by atoms with van der Waals surface area (Å²) in [6.45, 7) is 4.36. The molecule has 10 heteroatoms. The molecule has 3 N–H and O–H groups in total. The average Bonchev–Trinajstić information content (AvgIpc) is 3.11. The third-order valence-corrected chi connectivity index (χ3v) is 5.41. The number of hydrogen-bond donors (Lipinski definition) is 3. The lowest BCUT2D eigenvalue weighted by Gasteiger charge is -2.14. The predicted octanol–water partition coefficient (Wildman–Crippen LogP) is 3.61. The van der Waals surface area contributed by atoms with Crippen molar-refractivity contribution in [1.82, 2.24) is 19.9 Å². The summed E-state index contributed by atoms with van der Waals surface area (Å²) in [5.74, 6) is -1.87. The van der Waals surface area contributed by atoms with E-state index in [1.165, 1.54) is 19.3 Å². The van der Waals surface area contributed by atoms with E-state index in [2.05, 4.69) is 25.9 Å². The number of nitrogens with zero attached hydrogens (tertiary/aromatic N) is 3. The van der Waals surface area contributed by atoms with E-state index >= 15 is 0 Å². The summed E-state index contributed by atoms with van der Waals surface area (Å²) in [5.41, 5.74) is 1.85. The number of halogens is 2. The summed E-state index contributed by atoms with van der Waals surface area (Å²) < 4.78 is 28.9. The van der Waals surface area contributed by atoms with E-state index in [4.69, 9.17) is 0 Å². The molecular weight excluding hydrogens is 430 g/mol. The fourth-order valence-corrected chi connectivity index (χ4v) is 3.69. The molecule has 8 nitrogen and oxygen atoms in total. The van der Waals surface area contributed by atoms with Gasteiger partial charge in [0.1, 0.15) is 23.0 Å². The molecule has 33 heavy (non-hydrogen) atoms. The van der Waals surface area contributed by atoms with Crippen molar-refractivity contribution in [3.05, 3.63) is 81.4 Å². The Morgan fingerprint density at radius 3 is 2.70 bits per heavy atom. The molecule has 0 saturated carbocycles. The molecule has 1 aromatic carbocycles. The van der Waals surface area contributed by atoms with Crippen molar-refractivity contribution in [1.29, 1.82) is 0 Å². The molecule has 4 rings (SSSR count). The maximum atomic E-state index is 14.1. The second kappa shape index (κ2) is 8.81. The maximum absolute atomic E-state index is 14.1. The van der Waals surface area contributed by atoms with Crippen LogP contribution in [0.4, 0.5) is 26.2 Å². The monoisotopic (exact) mass is 452 g/mol. The van der Waals surface area contributed by atoms with Crippen molar-refractivity contribution >= 4 is 29.1 Å². The van der Waals surface area contributed by atoms with Crippen LogP contribution in [-0.4, -0.2) is 27.5 Å². The van der Waals surface area contributed by atoms with Gasteiger partial charge in [-0.25, -0.2) is 13.8 Å². The van der Waals surface area contributed by atoms with Crippen LogP contribution in [0.2, 0.25) is 0 Å². The first-order chi connectivity index (χ1) is 15.8. The molecule has 1 aliphatic carbocycles. The largest absolute Gasteiger partial charge is 0.355 e. The average molecular weight is 452 g/mol. The third-order valence-electron chi connectivity index (χ3n) is 5.41. The molecule has 0 aliphatic heterocycles. The highest BCUT2D eigenvalue weighted by molar-refractivity contribution is 6.00. The van der Waals surface area contributed by atoms with Crippen LogP contribution in [-0.2, 0) is 6.54 Å². The number of pyridine rings is 1. The van der Waals surface area contributed by atoms with Crippen LogP contribution < -0.4 is 21.5 Å². The van der Waals surface area contributed by atoms with Crippen LogP contribution in [0.3, 0.4) is 0 Å². The van der Waals surface area contributed by atoms with Gasteiger partial charge in [0, 0.05) is 43.7 Å². The number of allylic oxidation sites excluding steroid dienone is 1. The molecule has 1 atom stereocenters. The van der Waals surface area contributed by atoms with Gasteiger partial charge in [0.15, 0.2) is 0 Å². The van der Waals surface area contributed by atoms with Crippen molar-refractivity contribution in [2.75, 3.05) is 17.7 Å². The van der Waals surface area contributed by atoms with E-state index in [0.717, 1.165) is 17.7 Å². The fourth-order valence-electron chi connectivity index (χ4n) is 3.69. The zero-order valence-electron chi connectivity index (χ0n) is 18.2. The van der Waals surface area contributed by atoms with E-state index < -0.39 is 17.5 Å². The van der Waals surface area contributed by atoms with E-state index in [-0.39, 0.29) is 34.5 Å². The zero-order chi connectivity index (χ0) is 23.7. The maximum Gasteiger partial charge on any atom is 0.260 e. The SMILES string of the molecule is CCn1ccc2c(c1=O)C(Nc1nc(Nc3ccc(F)cc3F)ncc1C(=O)NC)=CC2C. The molecule has 2 aromatic heterocycles. The van der Waals surface area contributed by atoms with Crippen LogP contribution in [0.1, 0.15) is 41.3 Å². The molecule has 0 fully saturated rings. The highest BCUT2D eigenvalue weighted by atomic mass is 19.1. The summed E-state index contributed by atoms with van der Waals surface area (Å²) in [7, 11) is 1.47. The Hall–Kier alpha value is -4.08. The third kappa shape index (κ3) is 4.19. The quantitative estimate of drug-likeness (QED) is 0.528. The molecule has 0 saturated heterocycles. The minimum absolute atomic E-state index is 0.0124. The standard InChI is InChI=1S/C23H22F2N6O2/c1-4-31-8-7-14-12(2)9-18(19(14)22(31)33)28-20-15(21(32)26-3)11-27-23(30-20)29-17-6-5-13(24)10-16(17)25/h5-12H,4H2,1-3H3,(H,26,32)(H2,27,28,29,30). The molecule has 0 spiro atoms. The number of rotatable bonds is 6. The normalized spacial score (nSPS) is 14.5. The molecule has 1 amide bonds. The van der Waals surface area contributed by atoms with Crippen molar-refractivity contribution in [3.63, 3.8) is 0 Å². The van der Waals surface area contributed by atoms with E-state index in [1.807, 2.05) is 26.0 Å². The topological polar surface area (TPSA) is 101 Å². The first-order valence-corrected chi connectivity index (χ1v) is 10.4. The Kier molecular flexibility index (Phi) is 5.91. The van der Waals surface area contributed by atoms with Gasteiger partial charge in [-0.3, -0.25) is 9.59 Å². The van der Waals surface area contributed by atoms with Gasteiger partial charge < -0.3 is 20.5 Å². The van der Waals surface area contributed by atoms with Crippen LogP contribution in [0.5, 0.6) is 0 Å². The lowest BCUT2D eigenvalue weighted by molar-refractivity contribution is 0.0963. The molecular formula is C23H22F2N6O2. The lowest BCUT2D eigenvalue weighted by atomic mass is 10.0. The van der Waals surface area contributed by atoms with Gasteiger partial charge in [0.05, 0.1) is 11.3 Å². The molecule has 1 aliphatic rings. The molecule has 0 bridgehead atoms. The summed E-state index contributed by atoms with van der Waals surface area (Å²) in [4.78, 5) is 33.8. The summed E-state index contributed by atoms with van der Waals surface area (Å²) in [6.07, 6.45) is 4.93. The number of nitrogens with one attached hydrogen (secondary N) is 3. The highest BCUT2D eigenvalue weighted by Gasteiger charge is 2.26. The van der Waals surface area contributed by atoms with Crippen molar-refractivity contribution in [2.45, 2.75) is 26.3 Å². The van der Waals surface area contributed by atoms with Gasteiger partial charge in [-0.15, -0.1) is 0 Å². The Morgan fingerprint density at radius 1 is 1.21 bits per heavy atom. The second-order valence-electron chi connectivity index (χ2n) is 7.52.